The highest BCUT2D eigenvalue weighted by Gasteiger charge is 2.38. The number of carbonyl (C=O) groups excluding carboxylic acids is 2. The Bertz CT molecular complexity index is 512. The Morgan fingerprint density at radius 3 is 2.45 bits per heavy atom. The second-order valence-electron chi connectivity index (χ2n) is 3.91. The van der Waals surface area contributed by atoms with E-state index in [4.69, 9.17) is 11.6 Å². The Kier molecular flexibility index (Phi) is 5.56. The summed E-state index contributed by atoms with van der Waals surface area (Å²) >= 11 is 5.30. The van der Waals surface area contributed by atoms with Crippen molar-refractivity contribution in [2.45, 2.75) is 19.5 Å². The van der Waals surface area contributed by atoms with Crippen LogP contribution in [0.4, 0.5) is 13.2 Å². The minimum Gasteiger partial charge on any atom is -0.462 e. The number of esters is 1. The fourth-order valence-corrected chi connectivity index (χ4v) is 1.82. The quantitative estimate of drug-likeness (QED) is 0.619. The summed E-state index contributed by atoms with van der Waals surface area (Å²) in [5, 5.41) is 0. The van der Waals surface area contributed by atoms with Crippen molar-refractivity contribution in [1.82, 2.24) is 0 Å². The fraction of sp³-hybridized carbons (Fsp3) is 0.385. The van der Waals surface area contributed by atoms with Crippen molar-refractivity contribution in [2.24, 2.45) is 0 Å². The van der Waals surface area contributed by atoms with Crippen LogP contribution in [0.1, 0.15) is 28.4 Å². The van der Waals surface area contributed by atoms with E-state index in [2.05, 4.69) is 4.74 Å². The molecule has 0 aliphatic rings. The Balaban J connectivity index is 3.35. The van der Waals surface area contributed by atoms with Crippen LogP contribution in [0.25, 0.3) is 0 Å². The first-order valence-corrected chi connectivity index (χ1v) is 6.28. The Labute approximate surface area is 118 Å². The van der Waals surface area contributed by atoms with Crippen molar-refractivity contribution in [1.29, 1.82) is 0 Å². The molecule has 1 rings (SSSR count). The van der Waals surface area contributed by atoms with Gasteiger partial charge in [-0.1, -0.05) is 12.1 Å². The zero-order valence-electron chi connectivity index (χ0n) is 10.6. The van der Waals surface area contributed by atoms with Gasteiger partial charge in [0.25, 0.3) is 0 Å². The molecule has 0 fully saturated rings. The topological polar surface area (TPSA) is 43.4 Å². The normalized spacial score (nSPS) is 11.2. The van der Waals surface area contributed by atoms with Crippen LogP contribution in [-0.2, 0) is 22.1 Å². The van der Waals surface area contributed by atoms with E-state index in [1.165, 1.54) is 13.0 Å². The van der Waals surface area contributed by atoms with Gasteiger partial charge in [0.1, 0.15) is 0 Å². The zero-order valence-corrected chi connectivity index (χ0v) is 11.3. The van der Waals surface area contributed by atoms with Crippen LogP contribution in [0.2, 0.25) is 0 Å². The molecular weight excluding hydrogens is 297 g/mol. The number of hydrogen-bond donors (Lipinski definition) is 0. The van der Waals surface area contributed by atoms with Crippen molar-refractivity contribution >= 4 is 23.4 Å². The highest BCUT2D eigenvalue weighted by atomic mass is 35.5. The van der Waals surface area contributed by atoms with E-state index in [1.54, 1.807) is 0 Å². The standard InChI is InChI=1S/C13H12ClF3O3/c1-2-20-12(19)10-5-3-4-8(6-9(18)7-14)11(10)13(15,16)17/h3-5H,2,6-7H2,1H3. The molecule has 0 amide bonds. The number of ether oxygens (including phenoxy) is 1. The number of ketones is 1. The number of benzene rings is 1. The van der Waals surface area contributed by atoms with Crippen LogP contribution >= 0.6 is 11.6 Å². The number of Topliss-reactive ketones (excluding diaryl/α,β-unsaturated/α-hetero) is 1. The summed E-state index contributed by atoms with van der Waals surface area (Å²) in [6.07, 6.45) is -5.24. The molecular formula is C13H12ClF3O3. The first-order chi connectivity index (χ1) is 9.31. The van der Waals surface area contributed by atoms with Gasteiger partial charge in [-0.15, -0.1) is 11.6 Å². The molecule has 0 saturated carbocycles. The lowest BCUT2D eigenvalue weighted by molar-refractivity contribution is -0.138. The van der Waals surface area contributed by atoms with Crippen LogP contribution < -0.4 is 0 Å². The van der Waals surface area contributed by atoms with Gasteiger partial charge in [-0.25, -0.2) is 4.79 Å². The van der Waals surface area contributed by atoms with Gasteiger partial charge >= 0.3 is 12.1 Å². The molecule has 0 saturated heterocycles. The summed E-state index contributed by atoms with van der Waals surface area (Å²) in [4.78, 5) is 22.8. The lowest BCUT2D eigenvalue weighted by Crippen LogP contribution is -2.19. The Morgan fingerprint density at radius 1 is 1.30 bits per heavy atom. The van der Waals surface area contributed by atoms with E-state index in [-0.39, 0.29) is 18.1 Å². The molecule has 0 aromatic heterocycles. The maximum Gasteiger partial charge on any atom is 0.417 e. The third kappa shape index (κ3) is 3.96. The molecule has 0 radical (unpaired) electrons. The second-order valence-corrected chi connectivity index (χ2v) is 4.17. The molecule has 0 heterocycles. The highest BCUT2D eigenvalue weighted by Crippen LogP contribution is 2.35. The average Bonchev–Trinajstić information content (AvgIpc) is 2.37. The van der Waals surface area contributed by atoms with Gasteiger partial charge in [0.2, 0.25) is 0 Å². The van der Waals surface area contributed by atoms with E-state index in [0.29, 0.717) is 0 Å². The number of rotatable bonds is 5. The van der Waals surface area contributed by atoms with Crippen molar-refractivity contribution in [2.75, 3.05) is 12.5 Å². The summed E-state index contributed by atoms with van der Waals surface area (Å²) < 4.78 is 43.9. The van der Waals surface area contributed by atoms with Crippen molar-refractivity contribution < 1.29 is 27.5 Å². The maximum absolute atomic E-state index is 13.1. The second kappa shape index (κ2) is 6.74. The third-order valence-electron chi connectivity index (χ3n) is 2.47. The molecule has 0 unspecified atom stereocenters. The molecule has 110 valence electrons. The zero-order chi connectivity index (χ0) is 15.3. The number of carbonyl (C=O) groups is 2. The molecule has 0 spiro atoms. The number of halogens is 4. The van der Waals surface area contributed by atoms with Gasteiger partial charge in [0.15, 0.2) is 5.78 Å². The maximum atomic E-state index is 13.1. The summed E-state index contributed by atoms with van der Waals surface area (Å²) in [5.41, 5.74) is -2.02. The van der Waals surface area contributed by atoms with Crippen LogP contribution in [0.15, 0.2) is 18.2 Å². The smallest absolute Gasteiger partial charge is 0.417 e. The molecule has 0 aliphatic heterocycles. The van der Waals surface area contributed by atoms with E-state index in [0.717, 1.165) is 12.1 Å². The first kappa shape index (κ1) is 16.5. The monoisotopic (exact) mass is 308 g/mol. The van der Waals surface area contributed by atoms with Gasteiger partial charge in [-0.2, -0.15) is 13.2 Å². The van der Waals surface area contributed by atoms with Gasteiger partial charge in [-0.05, 0) is 18.6 Å². The number of alkyl halides is 4. The van der Waals surface area contributed by atoms with E-state index >= 15 is 0 Å². The number of hydrogen-bond acceptors (Lipinski definition) is 3. The van der Waals surface area contributed by atoms with Crippen LogP contribution in [-0.4, -0.2) is 24.2 Å². The van der Waals surface area contributed by atoms with E-state index in [9.17, 15) is 22.8 Å². The van der Waals surface area contributed by atoms with Crippen LogP contribution in [0.3, 0.4) is 0 Å². The molecule has 0 atom stereocenters. The molecule has 1 aromatic carbocycles. The highest BCUT2D eigenvalue weighted by molar-refractivity contribution is 6.27. The lowest BCUT2D eigenvalue weighted by Gasteiger charge is -2.16. The summed E-state index contributed by atoms with van der Waals surface area (Å²) in [6, 6.07) is 3.45. The van der Waals surface area contributed by atoms with Crippen LogP contribution in [0, 0.1) is 0 Å². The van der Waals surface area contributed by atoms with Crippen LogP contribution in [0.5, 0.6) is 0 Å². The minimum absolute atomic E-state index is 0.0407. The minimum atomic E-state index is -4.76. The van der Waals surface area contributed by atoms with Gasteiger partial charge in [0, 0.05) is 6.42 Å². The Morgan fingerprint density at radius 2 is 1.95 bits per heavy atom. The molecule has 0 aliphatic carbocycles. The summed E-state index contributed by atoms with van der Waals surface area (Å²) in [7, 11) is 0. The molecule has 7 heteroatoms. The van der Waals surface area contributed by atoms with E-state index < -0.39 is 35.5 Å². The molecule has 3 nitrogen and oxygen atoms in total. The van der Waals surface area contributed by atoms with Gasteiger partial charge in [0.05, 0.1) is 23.6 Å². The summed E-state index contributed by atoms with van der Waals surface area (Å²) in [5.74, 6) is -2.01. The SMILES string of the molecule is CCOC(=O)c1cccc(CC(=O)CCl)c1C(F)(F)F. The van der Waals surface area contributed by atoms with Crippen molar-refractivity contribution in [3.05, 3.63) is 34.9 Å². The molecule has 20 heavy (non-hydrogen) atoms. The first-order valence-electron chi connectivity index (χ1n) is 5.75. The lowest BCUT2D eigenvalue weighted by atomic mass is 9.97. The van der Waals surface area contributed by atoms with Crippen molar-refractivity contribution in [3.8, 4) is 0 Å². The molecule has 1 aromatic rings. The molecule has 0 N–H and O–H groups in total. The Hall–Kier alpha value is -1.56. The predicted molar refractivity (Wildman–Crippen MR) is 66.8 cm³/mol. The molecule has 0 bridgehead atoms. The third-order valence-corrected chi connectivity index (χ3v) is 2.76. The largest absolute Gasteiger partial charge is 0.462 e. The fourth-order valence-electron chi connectivity index (χ4n) is 1.72. The predicted octanol–water partition coefficient (Wildman–Crippen LogP) is 3.23. The average molecular weight is 309 g/mol. The van der Waals surface area contributed by atoms with E-state index in [1.807, 2.05) is 0 Å². The van der Waals surface area contributed by atoms with Gasteiger partial charge < -0.3 is 4.74 Å². The summed E-state index contributed by atoms with van der Waals surface area (Å²) in [6.45, 7) is 1.45. The van der Waals surface area contributed by atoms with Gasteiger partial charge in [-0.3, -0.25) is 4.79 Å². The van der Waals surface area contributed by atoms with Crippen molar-refractivity contribution in [3.63, 3.8) is 0 Å².